The van der Waals surface area contributed by atoms with Gasteiger partial charge in [0.1, 0.15) is 10.6 Å². The van der Waals surface area contributed by atoms with Crippen molar-refractivity contribution in [3.63, 3.8) is 0 Å². The minimum Gasteiger partial charge on any atom is -0.477 e. The van der Waals surface area contributed by atoms with Crippen LogP contribution >= 0.6 is 0 Å². The second kappa shape index (κ2) is 5.72. The van der Waals surface area contributed by atoms with E-state index in [9.17, 15) is 13.2 Å². The number of aromatic amines is 1. The predicted molar refractivity (Wildman–Crippen MR) is 68.9 cm³/mol. The summed E-state index contributed by atoms with van der Waals surface area (Å²) < 4.78 is 31.7. The van der Waals surface area contributed by atoms with E-state index < -0.39 is 22.0 Å². The molecule has 3 N–H and O–H groups in total. The third-order valence-corrected chi connectivity index (χ3v) is 4.49. The van der Waals surface area contributed by atoms with Crippen LogP contribution in [0.15, 0.2) is 4.90 Å². The maximum Gasteiger partial charge on any atom is 0.352 e. The first-order chi connectivity index (χ1) is 8.70. The van der Waals surface area contributed by atoms with Crippen molar-refractivity contribution in [1.29, 1.82) is 0 Å². The van der Waals surface area contributed by atoms with Crippen molar-refractivity contribution >= 4 is 16.0 Å². The molecule has 0 bridgehead atoms. The van der Waals surface area contributed by atoms with Gasteiger partial charge in [-0.15, -0.1) is 0 Å². The molecule has 0 fully saturated rings. The van der Waals surface area contributed by atoms with Crippen molar-refractivity contribution in [3.05, 3.63) is 17.0 Å². The van der Waals surface area contributed by atoms with Crippen LogP contribution in [0.5, 0.6) is 0 Å². The van der Waals surface area contributed by atoms with E-state index in [1.54, 1.807) is 6.92 Å². The number of carbonyl (C=O) groups is 1. The lowest BCUT2D eigenvalue weighted by Gasteiger charge is -2.13. The summed E-state index contributed by atoms with van der Waals surface area (Å²) in [5.74, 6) is -1.19. The highest BCUT2D eigenvalue weighted by atomic mass is 32.2. The van der Waals surface area contributed by atoms with Gasteiger partial charge in [0, 0.05) is 24.4 Å². The van der Waals surface area contributed by atoms with Crippen LogP contribution in [0.4, 0.5) is 0 Å². The van der Waals surface area contributed by atoms with E-state index in [2.05, 4.69) is 9.71 Å². The molecule has 0 amide bonds. The number of rotatable bonds is 6. The molecule has 7 nitrogen and oxygen atoms in total. The molecule has 0 saturated heterocycles. The summed E-state index contributed by atoms with van der Waals surface area (Å²) in [6, 6.07) is -0.406. The number of carboxylic acids is 1. The Bertz CT molecular complexity index is 576. The number of aromatic nitrogens is 1. The van der Waals surface area contributed by atoms with Crippen molar-refractivity contribution in [2.75, 3.05) is 13.7 Å². The Morgan fingerprint density at radius 2 is 2.05 bits per heavy atom. The third kappa shape index (κ3) is 3.34. The summed E-state index contributed by atoms with van der Waals surface area (Å²) in [6.07, 6.45) is 0. The molecule has 1 rings (SSSR count). The molecule has 0 aliphatic rings. The van der Waals surface area contributed by atoms with E-state index >= 15 is 0 Å². The number of H-pyrrole nitrogens is 1. The van der Waals surface area contributed by atoms with E-state index in [1.165, 1.54) is 21.0 Å². The van der Waals surface area contributed by atoms with E-state index in [0.29, 0.717) is 5.69 Å². The average Bonchev–Trinajstić information content (AvgIpc) is 2.54. The van der Waals surface area contributed by atoms with Gasteiger partial charge in [-0.2, -0.15) is 0 Å². The molecule has 1 aromatic heterocycles. The zero-order chi connectivity index (χ0) is 14.8. The summed E-state index contributed by atoms with van der Waals surface area (Å²) in [7, 11) is -2.31. The molecule has 0 aliphatic heterocycles. The lowest BCUT2D eigenvalue weighted by atomic mass is 10.2. The molecule has 0 aromatic carbocycles. The van der Waals surface area contributed by atoms with E-state index in [0.717, 1.165) is 0 Å². The Morgan fingerprint density at radius 1 is 1.47 bits per heavy atom. The molecular weight excluding hydrogens is 272 g/mol. The molecular formula is C11H18N2O5S. The number of methoxy groups -OCH3 is 1. The van der Waals surface area contributed by atoms with Gasteiger partial charge >= 0.3 is 5.97 Å². The van der Waals surface area contributed by atoms with E-state index in [4.69, 9.17) is 9.84 Å². The quantitative estimate of drug-likeness (QED) is 0.712. The number of sulfonamides is 1. The topological polar surface area (TPSA) is 108 Å². The zero-order valence-electron chi connectivity index (χ0n) is 11.3. The van der Waals surface area contributed by atoms with Gasteiger partial charge in [-0.25, -0.2) is 17.9 Å². The highest BCUT2D eigenvalue weighted by Gasteiger charge is 2.27. The van der Waals surface area contributed by atoms with Crippen LogP contribution in [-0.4, -0.2) is 44.2 Å². The Kier molecular flexibility index (Phi) is 4.72. The Balaban J connectivity index is 3.19. The first kappa shape index (κ1) is 15.7. The highest BCUT2D eigenvalue weighted by Crippen LogP contribution is 2.23. The van der Waals surface area contributed by atoms with Crippen LogP contribution < -0.4 is 4.72 Å². The normalized spacial score (nSPS) is 13.5. The molecule has 108 valence electrons. The minimum atomic E-state index is -3.78. The summed E-state index contributed by atoms with van der Waals surface area (Å²) in [5.41, 5.74) is 0.381. The number of nitrogens with one attached hydrogen (secondary N) is 2. The zero-order valence-corrected chi connectivity index (χ0v) is 12.1. The summed E-state index contributed by atoms with van der Waals surface area (Å²) >= 11 is 0. The van der Waals surface area contributed by atoms with E-state index in [-0.39, 0.29) is 22.8 Å². The SMILES string of the molecule is COCC(C)NS(=O)(=O)c1c(C)[nH]c(C(=O)O)c1C. The number of aryl methyl sites for hydroxylation is 1. The van der Waals surface area contributed by atoms with Crippen LogP contribution in [0.3, 0.4) is 0 Å². The van der Waals surface area contributed by atoms with Gasteiger partial charge in [0.05, 0.1) is 6.61 Å². The van der Waals surface area contributed by atoms with Crippen LogP contribution in [0.25, 0.3) is 0 Å². The van der Waals surface area contributed by atoms with E-state index in [1.807, 2.05) is 0 Å². The molecule has 1 heterocycles. The maximum absolute atomic E-state index is 12.2. The Hall–Kier alpha value is -1.38. The molecule has 8 heteroatoms. The fourth-order valence-corrected chi connectivity index (χ4v) is 3.63. The van der Waals surface area contributed by atoms with Gasteiger partial charge in [0.15, 0.2) is 0 Å². The van der Waals surface area contributed by atoms with Crippen molar-refractivity contribution in [1.82, 2.24) is 9.71 Å². The molecule has 1 atom stereocenters. The molecule has 0 aliphatic carbocycles. The van der Waals surface area contributed by atoms with Gasteiger partial charge in [-0.3, -0.25) is 0 Å². The van der Waals surface area contributed by atoms with Gasteiger partial charge in [-0.05, 0) is 20.8 Å². The van der Waals surface area contributed by atoms with Crippen LogP contribution in [0.2, 0.25) is 0 Å². The van der Waals surface area contributed by atoms with Crippen molar-refractivity contribution in [3.8, 4) is 0 Å². The average molecular weight is 290 g/mol. The summed E-state index contributed by atoms with van der Waals surface area (Å²) in [5, 5.41) is 8.97. The number of carboxylic acid groups (broad SMARTS) is 1. The lowest BCUT2D eigenvalue weighted by Crippen LogP contribution is -2.36. The number of aromatic carboxylic acids is 1. The Labute approximate surface area is 112 Å². The fraction of sp³-hybridized carbons (Fsp3) is 0.545. The number of ether oxygens (including phenoxy) is 1. The number of hydrogen-bond donors (Lipinski definition) is 3. The van der Waals surface area contributed by atoms with Crippen molar-refractivity contribution in [2.24, 2.45) is 0 Å². The fourth-order valence-electron chi connectivity index (χ4n) is 1.96. The minimum absolute atomic E-state index is 0.0205. The molecule has 0 saturated carbocycles. The standard InChI is InChI=1S/C11H18N2O5S/c1-6(5-18-4)13-19(16,17)10-7(2)9(11(14)15)12-8(10)3/h6,12-13H,5H2,1-4H3,(H,14,15). The molecule has 0 radical (unpaired) electrons. The maximum atomic E-state index is 12.2. The van der Waals surface area contributed by atoms with Crippen LogP contribution in [0.1, 0.15) is 28.7 Å². The van der Waals surface area contributed by atoms with Crippen LogP contribution in [0, 0.1) is 13.8 Å². The summed E-state index contributed by atoms with van der Waals surface area (Å²) in [6.45, 7) is 4.88. The first-order valence-electron chi connectivity index (χ1n) is 5.64. The molecule has 1 aromatic rings. The van der Waals surface area contributed by atoms with Crippen molar-refractivity contribution in [2.45, 2.75) is 31.7 Å². The Morgan fingerprint density at radius 3 is 2.47 bits per heavy atom. The van der Waals surface area contributed by atoms with Gasteiger partial charge < -0.3 is 14.8 Å². The van der Waals surface area contributed by atoms with Gasteiger partial charge in [-0.1, -0.05) is 0 Å². The van der Waals surface area contributed by atoms with Gasteiger partial charge in [0.25, 0.3) is 0 Å². The largest absolute Gasteiger partial charge is 0.477 e. The second-order valence-electron chi connectivity index (χ2n) is 4.36. The number of hydrogen-bond acceptors (Lipinski definition) is 4. The third-order valence-electron chi connectivity index (χ3n) is 2.62. The molecule has 1 unspecified atom stereocenters. The monoisotopic (exact) mass is 290 g/mol. The summed E-state index contributed by atoms with van der Waals surface area (Å²) in [4.78, 5) is 13.5. The highest BCUT2D eigenvalue weighted by molar-refractivity contribution is 7.89. The van der Waals surface area contributed by atoms with Crippen molar-refractivity contribution < 1.29 is 23.1 Å². The lowest BCUT2D eigenvalue weighted by molar-refractivity contribution is 0.0690. The molecule has 19 heavy (non-hydrogen) atoms. The second-order valence-corrected chi connectivity index (χ2v) is 6.01. The predicted octanol–water partition coefficient (Wildman–Crippen LogP) is 0.643. The molecule has 0 spiro atoms. The smallest absolute Gasteiger partial charge is 0.352 e. The first-order valence-corrected chi connectivity index (χ1v) is 7.12. The van der Waals surface area contributed by atoms with Crippen LogP contribution in [-0.2, 0) is 14.8 Å². The van der Waals surface area contributed by atoms with Gasteiger partial charge in [0.2, 0.25) is 10.0 Å².